The van der Waals surface area contributed by atoms with Crippen LogP contribution in [0.15, 0.2) is 22.9 Å². The first-order valence-corrected chi connectivity index (χ1v) is 13.4. The van der Waals surface area contributed by atoms with Gasteiger partial charge in [-0.25, -0.2) is 0 Å². The number of carbonyl (C=O) groups excluding carboxylic acids is 1. The number of hydrogen-bond acceptors (Lipinski definition) is 4. The van der Waals surface area contributed by atoms with E-state index in [4.69, 9.17) is 4.74 Å². The number of aryl methyl sites for hydroxylation is 2. The van der Waals surface area contributed by atoms with Crippen molar-refractivity contribution in [2.24, 2.45) is 4.99 Å². The van der Waals surface area contributed by atoms with Crippen LogP contribution in [-0.4, -0.2) is 37.5 Å². The molecule has 0 radical (unpaired) electrons. The minimum atomic E-state index is -0.106. The van der Waals surface area contributed by atoms with Crippen LogP contribution in [0.5, 0.6) is 0 Å². The Morgan fingerprint density at radius 1 is 0.909 bits per heavy atom. The van der Waals surface area contributed by atoms with Crippen LogP contribution in [0.4, 0.5) is 5.69 Å². The van der Waals surface area contributed by atoms with Crippen LogP contribution in [0.3, 0.4) is 0 Å². The maximum absolute atomic E-state index is 13.2. The molecule has 5 nitrogen and oxygen atoms in total. The molecule has 1 aromatic carbocycles. The zero-order valence-electron chi connectivity index (χ0n) is 20.0. The summed E-state index contributed by atoms with van der Waals surface area (Å²) in [6.07, 6.45) is 19.9. The fraction of sp³-hybridized carbons (Fsp3) is 0.643. The smallest absolute Gasteiger partial charge is 0.287 e. The Hall–Kier alpha value is -2.30. The molecule has 2 heterocycles. The Balaban J connectivity index is 1.37. The van der Waals surface area contributed by atoms with E-state index in [2.05, 4.69) is 27.3 Å². The summed E-state index contributed by atoms with van der Waals surface area (Å²) < 4.78 is 5.95. The van der Waals surface area contributed by atoms with E-state index >= 15 is 0 Å². The standard InChI is InChI=1S/C28H39N3O2/c32-28(30-25-13-5-2-6-14-25)26(33-20-29-24-11-3-1-4-12-24)19-21-17-22-9-7-15-31-16-8-10-23(18-21)27(22)31/h17-20,24-25H,1-16H2,(H,30,32)/b26-19+,29-20?. The summed E-state index contributed by atoms with van der Waals surface area (Å²) in [5.74, 6) is 0.265. The molecule has 0 saturated heterocycles. The Morgan fingerprint density at radius 3 is 2.21 bits per heavy atom. The van der Waals surface area contributed by atoms with Crippen molar-refractivity contribution in [1.29, 1.82) is 0 Å². The molecule has 178 valence electrons. The Morgan fingerprint density at radius 2 is 1.55 bits per heavy atom. The number of anilines is 1. The van der Waals surface area contributed by atoms with Crippen LogP contribution < -0.4 is 10.2 Å². The minimum Gasteiger partial charge on any atom is -0.440 e. The van der Waals surface area contributed by atoms with Gasteiger partial charge >= 0.3 is 0 Å². The number of benzene rings is 1. The van der Waals surface area contributed by atoms with Gasteiger partial charge in [0, 0.05) is 24.8 Å². The molecule has 0 atom stereocenters. The van der Waals surface area contributed by atoms with Crippen LogP contribution >= 0.6 is 0 Å². The Kier molecular flexibility index (Phi) is 7.33. The fourth-order valence-corrected chi connectivity index (χ4v) is 6.13. The predicted molar refractivity (Wildman–Crippen MR) is 135 cm³/mol. The van der Waals surface area contributed by atoms with E-state index in [-0.39, 0.29) is 11.9 Å². The third-order valence-electron chi connectivity index (χ3n) is 7.84. The summed E-state index contributed by atoms with van der Waals surface area (Å²) in [5, 5.41) is 3.23. The predicted octanol–water partition coefficient (Wildman–Crippen LogP) is 5.55. The van der Waals surface area contributed by atoms with E-state index in [0.717, 1.165) is 44.1 Å². The second-order valence-electron chi connectivity index (χ2n) is 10.4. The van der Waals surface area contributed by atoms with Gasteiger partial charge < -0.3 is 15.0 Å². The number of ether oxygens (including phenoxy) is 1. The first-order valence-electron chi connectivity index (χ1n) is 13.4. The molecule has 5 heteroatoms. The maximum Gasteiger partial charge on any atom is 0.287 e. The zero-order chi connectivity index (χ0) is 22.5. The average Bonchev–Trinajstić information content (AvgIpc) is 2.85. The first kappa shape index (κ1) is 22.5. The summed E-state index contributed by atoms with van der Waals surface area (Å²) in [7, 11) is 0. The van der Waals surface area contributed by atoms with Crippen LogP contribution in [0.2, 0.25) is 0 Å². The van der Waals surface area contributed by atoms with Crippen molar-refractivity contribution in [3.05, 3.63) is 34.6 Å². The van der Waals surface area contributed by atoms with Gasteiger partial charge in [0.05, 0.1) is 6.04 Å². The van der Waals surface area contributed by atoms with Crippen molar-refractivity contribution in [2.75, 3.05) is 18.0 Å². The Bertz CT molecular complexity index is 863. The van der Waals surface area contributed by atoms with Crippen molar-refractivity contribution in [2.45, 2.75) is 102 Å². The topological polar surface area (TPSA) is 53.9 Å². The van der Waals surface area contributed by atoms with E-state index in [0.29, 0.717) is 11.8 Å². The summed E-state index contributed by atoms with van der Waals surface area (Å²) >= 11 is 0. The largest absolute Gasteiger partial charge is 0.440 e. The summed E-state index contributed by atoms with van der Waals surface area (Å²) in [6.45, 7) is 2.34. The highest BCUT2D eigenvalue weighted by Gasteiger charge is 2.25. The van der Waals surface area contributed by atoms with Gasteiger partial charge in [0.1, 0.15) is 0 Å². The van der Waals surface area contributed by atoms with E-state index in [1.807, 2.05) is 6.08 Å². The van der Waals surface area contributed by atoms with Crippen molar-refractivity contribution in [3.63, 3.8) is 0 Å². The summed E-state index contributed by atoms with van der Waals surface area (Å²) in [5.41, 5.74) is 5.38. The molecule has 0 aromatic heterocycles. The third-order valence-corrected chi connectivity index (χ3v) is 7.84. The zero-order valence-corrected chi connectivity index (χ0v) is 20.0. The summed E-state index contributed by atoms with van der Waals surface area (Å²) in [4.78, 5) is 20.4. The minimum absolute atomic E-state index is 0.106. The van der Waals surface area contributed by atoms with Gasteiger partial charge in [-0.15, -0.1) is 0 Å². The summed E-state index contributed by atoms with van der Waals surface area (Å²) in [6, 6.07) is 5.13. The van der Waals surface area contributed by atoms with Gasteiger partial charge in [-0.3, -0.25) is 9.79 Å². The monoisotopic (exact) mass is 449 g/mol. The average molecular weight is 450 g/mol. The highest BCUT2D eigenvalue weighted by Crippen LogP contribution is 2.36. The van der Waals surface area contributed by atoms with Gasteiger partial charge in [-0.2, -0.15) is 0 Å². The molecule has 0 unspecified atom stereocenters. The molecule has 0 bridgehead atoms. The fourth-order valence-electron chi connectivity index (χ4n) is 6.13. The molecule has 1 aromatic rings. The van der Waals surface area contributed by atoms with E-state index in [1.54, 1.807) is 0 Å². The Labute approximate surface area is 198 Å². The first-order chi connectivity index (χ1) is 16.3. The van der Waals surface area contributed by atoms with Gasteiger partial charge in [0.25, 0.3) is 5.91 Å². The number of rotatable bonds is 6. The normalized spacial score (nSPS) is 22.3. The van der Waals surface area contributed by atoms with Crippen LogP contribution in [0.1, 0.15) is 93.7 Å². The highest BCUT2D eigenvalue weighted by atomic mass is 16.5. The molecule has 0 spiro atoms. The second-order valence-corrected chi connectivity index (χ2v) is 10.4. The van der Waals surface area contributed by atoms with Crippen molar-refractivity contribution >= 4 is 24.1 Å². The maximum atomic E-state index is 13.2. The molecule has 1 N–H and O–H groups in total. The van der Waals surface area contributed by atoms with Crippen molar-refractivity contribution < 1.29 is 9.53 Å². The molecule has 5 rings (SSSR count). The quantitative estimate of drug-likeness (QED) is 0.268. The van der Waals surface area contributed by atoms with Gasteiger partial charge in [-0.05, 0) is 86.3 Å². The molecule has 2 saturated carbocycles. The highest BCUT2D eigenvalue weighted by molar-refractivity contribution is 5.97. The van der Waals surface area contributed by atoms with E-state index < -0.39 is 0 Å². The lowest BCUT2D eigenvalue weighted by Crippen LogP contribution is -2.37. The number of nitrogens with one attached hydrogen (secondary N) is 1. The molecule has 33 heavy (non-hydrogen) atoms. The van der Waals surface area contributed by atoms with Crippen LogP contribution in [-0.2, 0) is 22.4 Å². The van der Waals surface area contributed by atoms with Crippen molar-refractivity contribution in [1.82, 2.24) is 5.32 Å². The van der Waals surface area contributed by atoms with Crippen LogP contribution in [0.25, 0.3) is 6.08 Å². The number of hydrogen-bond donors (Lipinski definition) is 1. The number of nitrogens with zero attached hydrogens (tertiary/aromatic N) is 2. The molecular weight excluding hydrogens is 410 g/mol. The molecule has 2 aliphatic heterocycles. The third kappa shape index (κ3) is 5.62. The second kappa shape index (κ2) is 10.8. The lowest BCUT2D eigenvalue weighted by atomic mass is 9.90. The molecule has 2 fully saturated rings. The molecule has 4 aliphatic rings. The number of aliphatic imine (C=N–C) groups is 1. The molecule has 1 amide bonds. The number of amides is 1. The van der Waals surface area contributed by atoms with E-state index in [1.165, 1.54) is 87.7 Å². The van der Waals surface area contributed by atoms with Gasteiger partial charge in [-0.1, -0.05) is 38.5 Å². The number of carbonyl (C=O) groups is 1. The van der Waals surface area contributed by atoms with Crippen molar-refractivity contribution in [3.8, 4) is 0 Å². The van der Waals surface area contributed by atoms with E-state index in [9.17, 15) is 4.79 Å². The van der Waals surface area contributed by atoms with Crippen LogP contribution in [0, 0.1) is 0 Å². The molecular formula is C28H39N3O2. The lowest BCUT2D eigenvalue weighted by molar-refractivity contribution is -0.120. The SMILES string of the molecule is O=C(NC1CCCCC1)/C(=C\c1cc2c3c(c1)CCCN3CCC2)OC=NC1CCCCC1. The van der Waals surface area contributed by atoms with Gasteiger partial charge in [0.15, 0.2) is 12.2 Å². The molecule has 2 aliphatic carbocycles. The lowest BCUT2D eigenvalue weighted by Gasteiger charge is -2.37. The van der Waals surface area contributed by atoms with Gasteiger partial charge in [0.2, 0.25) is 0 Å².